The molecule has 0 unspecified atom stereocenters. The van der Waals surface area contributed by atoms with Gasteiger partial charge in [-0.25, -0.2) is 0 Å². The molecule has 0 aromatic rings. The summed E-state index contributed by atoms with van der Waals surface area (Å²) in [5, 5.41) is 0. The van der Waals surface area contributed by atoms with E-state index >= 15 is 0 Å². The molecular weight excluding hydrogens is 256 g/mol. The van der Waals surface area contributed by atoms with E-state index in [9.17, 15) is 4.79 Å². The van der Waals surface area contributed by atoms with Crippen LogP contribution >= 0.6 is 0 Å². The molecule has 116 valence electrons. The van der Waals surface area contributed by atoms with E-state index in [1.165, 1.54) is 16.7 Å². The first-order valence-electron chi connectivity index (χ1n) is 8.34. The molecule has 3 atom stereocenters. The average molecular weight is 286 g/mol. The van der Waals surface area contributed by atoms with E-state index in [4.69, 9.17) is 0 Å². The summed E-state index contributed by atoms with van der Waals surface area (Å²) in [7, 11) is 0. The second-order valence-corrected chi connectivity index (χ2v) is 7.49. The average Bonchev–Trinajstić information content (AvgIpc) is 2.65. The molecule has 1 fully saturated rings. The first kappa shape index (κ1) is 16.3. The molecule has 1 heteroatoms. The lowest BCUT2D eigenvalue weighted by Crippen LogP contribution is -2.30. The van der Waals surface area contributed by atoms with Crippen LogP contribution in [-0.4, -0.2) is 5.78 Å². The Balaban J connectivity index is 2.36. The van der Waals surface area contributed by atoms with Crippen LogP contribution in [-0.2, 0) is 4.79 Å². The summed E-state index contributed by atoms with van der Waals surface area (Å²) >= 11 is 0. The maximum Gasteiger partial charge on any atom is 0.139 e. The van der Waals surface area contributed by atoms with E-state index in [2.05, 4.69) is 46.4 Å². The molecule has 0 spiro atoms. The lowest BCUT2D eigenvalue weighted by atomic mass is 9.70. The molecule has 0 aromatic heterocycles. The monoisotopic (exact) mass is 286 g/mol. The van der Waals surface area contributed by atoms with Crippen molar-refractivity contribution in [2.75, 3.05) is 0 Å². The van der Waals surface area contributed by atoms with Gasteiger partial charge in [-0.15, -0.1) is 0 Å². The van der Waals surface area contributed by atoms with Gasteiger partial charge in [-0.1, -0.05) is 42.4 Å². The van der Waals surface area contributed by atoms with Crippen molar-refractivity contribution in [2.24, 2.45) is 17.3 Å². The Morgan fingerprint density at radius 1 is 1.24 bits per heavy atom. The van der Waals surface area contributed by atoms with E-state index in [1.807, 2.05) is 0 Å². The van der Waals surface area contributed by atoms with Crippen LogP contribution in [0.15, 0.2) is 35.5 Å². The largest absolute Gasteiger partial charge is 0.299 e. The van der Waals surface area contributed by atoms with Gasteiger partial charge in [0.1, 0.15) is 5.78 Å². The van der Waals surface area contributed by atoms with E-state index in [0.717, 1.165) is 32.1 Å². The summed E-state index contributed by atoms with van der Waals surface area (Å²) in [4.78, 5) is 12.7. The molecule has 0 heterocycles. The van der Waals surface area contributed by atoms with Crippen molar-refractivity contribution >= 4 is 5.78 Å². The van der Waals surface area contributed by atoms with Gasteiger partial charge >= 0.3 is 0 Å². The van der Waals surface area contributed by atoms with Crippen molar-refractivity contribution in [3.63, 3.8) is 0 Å². The van der Waals surface area contributed by atoms with E-state index in [1.54, 1.807) is 0 Å². The molecule has 0 N–H and O–H groups in total. The topological polar surface area (TPSA) is 17.1 Å². The second-order valence-electron chi connectivity index (χ2n) is 7.49. The molecular formula is C20H30O. The van der Waals surface area contributed by atoms with Gasteiger partial charge in [0.05, 0.1) is 0 Å². The summed E-state index contributed by atoms with van der Waals surface area (Å²) in [5.74, 6) is 1.28. The zero-order valence-corrected chi connectivity index (χ0v) is 14.2. The Bertz CT molecular complexity index is 494. The number of hydrogen-bond acceptors (Lipinski definition) is 1. The number of hydrogen-bond donors (Lipinski definition) is 0. The number of rotatable bonds is 1. The standard InChI is InChI=1S/C20H30O/c1-14(2)17-13-19(21)20(5)12-11-16(4)8-6-7-15(3)9-10-18(17)20/h7,11,17-18H,1,6,8-10,12-13H2,2-5H3/b15-7?,16-11+/t17-,18-,20+/m0/s1. The third kappa shape index (κ3) is 3.39. The van der Waals surface area contributed by atoms with Gasteiger partial charge in [0, 0.05) is 11.8 Å². The predicted octanol–water partition coefficient (Wildman–Crippen LogP) is 5.63. The fourth-order valence-electron chi connectivity index (χ4n) is 4.05. The summed E-state index contributed by atoms with van der Waals surface area (Å²) in [6, 6.07) is 0. The first-order valence-corrected chi connectivity index (χ1v) is 8.34. The van der Waals surface area contributed by atoms with E-state index in [0.29, 0.717) is 24.0 Å². The molecule has 21 heavy (non-hydrogen) atoms. The Kier molecular flexibility index (Phi) is 4.91. The summed E-state index contributed by atoms with van der Waals surface area (Å²) in [6.07, 6.45) is 10.8. The van der Waals surface area contributed by atoms with Crippen LogP contribution in [0.25, 0.3) is 0 Å². The highest BCUT2D eigenvalue weighted by atomic mass is 16.1. The second kappa shape index (κ2) is 6.34. The highest BCUT2D eigenvalue weighted by Crippen LogP contribution is 2.51. The smallest absolute Gasteiger partial charge is 0.139 e. The number of allylic oxidation sites excluding steroid dienone is 5. The minimum Gasteiger partial charge on any atom is -0.299 e. The number of carbonyl (C=O) groups excluding carboxylic acids is 1. The van der Waals surface area contributed by atoms with Crippen molar-refractivity contribution < 1.29 is 4.79 Å². The van der Waals surface area contributed by atoms with Gasteiger partial charge in [-0.3, -0.25) is 4.79 Å². The van der Waals surface area contributed by atoms with E-state index in [-0.39, 0.29) is 5.41 Å². The van der Waals surface area contributed by atoms with Crippen LogP contribution in [0.2, 0.25) is 0 Å². The van der Waals surface area contributed by atoms with Crippen molar-refractivity contribution in [1.29, 1.82) is 0 Å². The van der Waals surface area contributed by atoms with Gasteiger partial charge < -0.3 is 0 Å². The molecule has 1 saturated carbocycles. The van der Waals surface area contributed by atoms with Crippen LogP contribution in [0.4, 0.5) is 0 Å². The van der Waals surface area contributed by atoms with Crippen LogP contribution in [0.5, 0.6) is 0 Å². The molecule has 1 nitrogen and oxygen atoms in total. The SMILES string of the molecule is C=C(C)[C@@H]1CC(=O)[C@]2(C)C/C=C(\C)CCC=C(C)CC[C@@H]12. The molecule has 2 rings (SSSR count). The minimum atomic E-state index is -0.185. The van der Waals surface area contributed by atoms with Crippen LogP contribution in [0.3, 0.4) is 0 Å². The van der Waals surface area contributed by atoms with Gasteiger partial charge in [0.15, 0.2) is 0 Å². The Morgan fingerprint density at radius 2 is 1.90 bits per heavy atom. The molecule has 0 saturated heterocycles. The quantitative estimate of drug-likeness (QED) is 0.571. The Hall–Kier alpha value is -1.11. The van der Waals surface area contributed by atoms with Crippen LogP contribution in [0, 0.1) is 17.3 Å². The predicted molar refractivity (Wildman–Crippen MR) is 90.1 cm³/mol. The van der Waals surface area contributed by atoms with Crippen LogP contribution in [0.1, 0.15) is 66.2 Å². The molecule has 0 amide bonds. The molecule has 2 aliphatic carbocycles. The number of carbonyl (C=O) groups is 1. The highest BCUT2D eigenvalue weighted by molar-refractivity contribution is 5.88. The zero-order chi connectivity index (χ0) is 15.6. The lowest BCUT2D eigenvalue weighted by molar-refractivity contribution is -0.126. The van der Waals surface area contributed by atoms with Gasteiger partial charge in [-0.2, -0.15) is 0 Å². The van der Waals surface area contributed by atoms with Gasteiger partial charge in [0.2, 0.25) is 0 Å². The third-order valence-electron chi connectivity index (χ3n) is 5.74. The summed E-state index contributed by atoms with van der Waals surface area (Å²) < 4.78 is 0. The maximum absolute atomic E-state index is 12.7. The molecule has 0 bridgehead atoms. The minimum absolute atomic E-state index is 0.185. The Labute approximate surface area is 130 Å². The molecule has 0 aromatic carbocycles. The fraction of sp³-hybridized carbons (Fsp3) is 0.650. The normalized spacial score (nSPS) is 37.0. The summed E-state index contributed by atoms with van der Waals surface area (Å²) in [6.45, 7) is 12.9. The Morgan fingerprint density at radius 3 is 2.57 bits per heavy atom. The van der Waals surface area contributed by atoms with Crippen molar-refractivity contribution in [3.05, 3.63) is 35.5 Å². The molecule has 0 radical (unpaired) electrons. The fourth-order valence-corrected chi connectivity index (χ4v) is 4.05. The van der Waals surface area contributed by atoms with E-state index < -0.39 is 0 Å². The van der Waals surface area contributed by atoms with Crippen molar-refractivity contribution in [2.45, 2.75) is 66.2 Å². The maximum atomic E-state index is 12.7. The highest BCUT2D eigenvalue weighted by Gasteiger charge is 2.50. The lowest BCUT2D eigenvalue weighted by Gasteiger charge is -2.32. The number of Topliss-reactive ketones (excluding diaryl/α,β-unsaturated/α-hetero) is 1. The first-order chi connectivity index (χ1) is 9.84. The molecule has 2 aliphatic rings. The molecule has 0 aliphatic heterocycles. The van der Waals surface area contributed by atoms with Crippen molar-refractivity contribution in [3.8, 4) is 0 Å². The van der Waals surface area contributed by atoms with Crippen molar-refractivity contribution in [1.82, 2.24) is 0 Å². The number of fused-ring (bicyclic) bond motifs is 1. The number of ketones is 1. The summed E-state index contributed by atoms with van der Waals surface area (Å²) in [5.41, 5.74) is 3.91. The zero-order valence-electron chi connectivity index (χ0n) is 14.2. The van der Waals surface area contributed by atoms with Crippen LogP contribution < -0.4 is 0 Å². The van der Waals surface area contributed by atoms with Gasteiger partial charge in [0.25, 0.3) is 0 Å². The third-order valence-corrected chi connectivity index (χ3v) is 5.74. The van der Waals surface area contributed by atoms with Gasteiger partial charge in [-0.05, 0) is 64.7 Å².